The van der Waals surface area contributed by atoms with Gasteiger partial charge in [-0.2, -0.15) is 0 Å². The summed E-state index contributed by atoms with van der Waals surface area (Å²) >= 11 is 0. The van der Waals surface area contributed by atoms with Gasteiger partial charge in [0.1, 0.15) is 0 Å². The largest absolute Gasteiger partial charge is 0.430 e. The van der Waals surface area contributed by atoms with Gasteiger partial charge < -0.3 is 9.07 Å². The van der Waals surface area contributed by atoms with Crippen LogP contribution in [0.2, 0.25) is 6.82 Å². The van der Waals surface area contributed by atoms with Crippen LogP contribution in [0.3, 0.4) is 0 Å². The van der Waals surface area contributed by atoms with E-state index in [2.05, 4.69) is 20.8 Å². The molecule has 1 aromatic carbocycles. The summed E-state index contributed by atoms with van der Waals surface area (Å²) in [5.41, 5.74) is 2.65. The lowest BCUT2D eigenvalue weighted by atomic mass is 9.63. The van der Waals surface area contributed by atoms with Crippen LogP contribution in [0.25, 0.3) is 11.1 Å². The Morgan fingerprint density at radius 2 is 2.10 bits per heavy atom. The van der Waals surface area contributed by atoms with Crippen molar-refractivity contribution in [3.8, 4) is 0 Å². The molecule has 20 heavy (non-hydrogen) atoms. The topological polar surface area (TPSA) is 44.4 Å². The van der Waals surface area contributed by atoms with Crippen LogP contribution in [-0.2, 0) is 11.7 Å². The van der Waals surface area contributed by atoms with Crippen molar-refractivity contribution in [1.82, 2.24) is 4.57 Å². The third kappa shape index (κ3) is 2.98. The molecule has 4 nitrogen and oxygen atoms in total. The lowest BCUT2D eigenvalue weighted by Crippen LogP contribution is -2.34. The minimum Gasteiger partial charge on any atom is -0.430 e. The van der Waals surface area contributed by atoms with Crippen molar-refractivity contribution < 1.29 is 9.07 Å². The Hall–Kier alpha value is -1.49. The Labute approximate surface area is 119 Å². The zero-order chi connectivity index (χ0) is 14.9. The molecule has 0 radical (unpaired) electrons. The van der Waals surface area contributed by atoms with E-state index in [1.807, 2.05) is 25.0 Å². The van der Waals surface area contributed by atoms with Crippen LogP contribution in [0.4, 0.5) is 0 Å². The van der Waals surface area contributed by atoms with Gasteiger partial charge >= 0.3 is 12.7 Å². The first-order valence-corrected chi connectivity index (χ1v) is 7.05. The SMILES string of the molecule is CCC(C)(C)COB(C)c1ccc2oc(=O)n(C)c2c1. The Balaban J connectivity index is 2.20. The second kappa shape index (κ2) is 5.48. The van der Waals surface area contributed by atoms with Gasteiger partial charge in [-0.1, -0.05) is 33.7 Å². The molecule has 0 fully saturated rings. The predicted molar refractivity (Wildman–Crippen MR) is 82.7 cm³/mol. The molecule has 0 saturated carbocycles. The molecule has 2 aromatic rings. The van der Waals surface area contributed by atoms with Crippen molar-refractivity contribution in [3.63, 3.8) is 0 Å². The fourth-order valence-electron chi connectivity index (χ4n) is 1.95. The minimum absolute atomic E-state index is 0.00442. The maximum atomic E-state index is 11.5. The molecule has 0 saturated heterocycles. The van der Waals surface area contributed by atoms with Crippen molar-refractivity contribution in [2.24, 2.45) is 12.5 Å². The summed E-state index contributed by atoms with van der Waals surface area (Å²) in [6.45, 7) is 9.31. The standard InChI is InChI=1S/C15H22BNO3/c1-6-15(2,3)10-19-16(4)11-7-8-13-12(9-11)17(5)14(18)20-13/h7-9H,6,10H2,1-5H3. The number of oxazole rings is 1. The molecule has 0 aliphatic carbocycles. The van der Waals surface area contributed by atoms with E-state index < -0.39 is 0 Å². The molecular formula is C15H22BNO3. The Kier molecular flexibility index (Phi) is 4.09. The van der Waals surface area contributed by atoms with E-state index in [0.29, 0.717) is 12.2 Å². The number of aromatic nitrogens is 1. The summed E-state index contributed by atoms with van der Waals surface area (Å²) < 4.78 is 12.6. The second-order valence-electron chi connectivity index (χ2n) is 6.13. The van der Waals surface area contributed by atoms with Crippen LogP contribution in [0.1, 0.15) is 27.2 Å². The van der Waals surface area contributed by atoms with Crippen LogP contribution < -0.4 is 11.2 Å². The van der Waals surface area contributed by atoms with Crippen molar-refractivity contribution in [1.29, 1.82) is 0 Å². The third-order valence-electron chi connectivity index (χ3n) is 3.97. The number of hydrogen-bond acceptors (Lipinski definition) is 3. The Morgan fingerprint density at radius 3 is 2.75 bits per heavy atom. The Morgan fingerprint density at radius 1 is 1.40 bits per heavy atom. The summed E-state index contributed by atoms with van der Waals surface area (Å²) in [4.78, 5) is 11.5. The van der Waals surface area contributed by atoms with Crippen LogP contribution in [0.15, 0.2) is 27.4 Å². The predicted octanol–water partition coefficient (Wildman–Crippen LogP) is 2.41. The molecule has 0 N–H and O–H groups in total. The van der Waals surface area contributed by atoms with Gasteiger partial charge in [0.05, 0.1) is 5.52 Å². The molecule has 0 atom stereocenters. The molecule has 0 bridgehead atoms. The molecule has 5 heteroatoms. The van der Waals surface area contributed by atoms with E-state index in [1.165, 1.54) is 4.57 Å². The van der Waals surface area contributed by atoms with E-state index in [-0.39, 0.29) is 18.1 Å². The number of fused-ring (bicyclic) bond motifs is 1. The molecule has 0 aliphatic heterocycles. The number of rotatable bonds is 5. The number of aryl methyl sites for hydroxylation is 1. The van der Waals surface area contributed by atoms with E-state index in [4.69, 9.17) is 9.07 Å². The molecule has 0 spiro atoms. The van der Waals surface area contributed by atoms with Gasteiger partial charge in [-0.3, -0.25) is 4.57 Å². The smallest absolute Gasteiger partial charge is 0.419 e. The van der Waals surface area contributed by atoms with E-state index in [9.17, 15) is 4.79 Å². The summed E-state index contributed by atoms with van der Waals surface area (Å²) in [5.74, 6) is -0.335. The number of nitrogens with zero attached hydrogens (tertiary/aromatic N) is 1. The third-order valence-corrected chi connectivity index (χ3v) is 3.97. The second-order valence-corrected chi connectivity index (χ2v) is 6.13. The highest BCUT2D eigenvalue weighted by atomic mass is 16.4. The highest BCUT2D eigenvalue weighted by Crippen LogP contribution is 2.20. The normalized spacial score (nSPS) is 12.1. The van der Waals surface area contributed by atoms with Crippen LogP contribution in [0, 0.1) is 5.41 Å². The fourth-order valence-corrected chi connectivity index (χ4v) is 1.95. The van der Waals surface area contributed by atoms with Crippen LogP contribution in [-0.4, -0.2) is 18.1 Å². The lowest BCUT2D eigenvalue weighted by Gasteiger charge is -2.24. The van der Waals surface area contributed by atoms with Gasteiger partial charge in [-0.25, -0.2) is 4.79 Å². The van der Waals surface area contributed by atoms with Crippen molar-refractivity contribution in [3.05, 3.63) is 28.7 Å². The molecule has 108 valence electrons. The van der Waals surface area contributed by atoms with Gasteiger partial charge in [-0.15, -0.1) is 0 Å². The zero-order valence-electron chi connectivity index (χ0n) is 12.9. The average molecular weight is 275 g/mol. The van der Waals surface area contributed by atoms with Gasteiger partial charge in [0.25, 0.3) is 0 Å². The quantitative estimate of drug-likeness (QED) is 0.787. The molecule has 1 heterocycles. The molecule has 0 unspecified atom stereocenters. The zero-order valence-corrected chi connectivity index (χ0v) is 12.9. The molecule has 2 rings (SSSR count). The summed E-state index contributed by atoms with van der Waals surface area (Å²) in [7, 11) is 1.71. The molecule has 0 amide bonds. The number of hydrogen-bond donors (Lipinski definition) is 0. The molecular weight excluding hydrogens is 253 g/mol. The lowest BCUT2D eigenvalue weighted by molar-refractivity contribution is 0.178. The molecule has 0 aliphatic rings. The first-order valence-electron chi connectivity index (χ1n) is 7.05. The van der Waals surface area contributed by atoms with Crippen LogP contribution in [0.5, 0.6) is 0 Å². The minimum atomic E-state index is -0.335. The summed E-state index contributed by atoms with van der Waals surface area (Å²) in [6.07, 6.45) is 1.08. The summed E-state index contributed by atoms with van der Waals surface area (Å²) in [5, 5.41) is 0. The highest BCUT2D eigenvalue weighted by Gasteiger charge is 2.20. The van der Waals surface area contributed by atoms with Crippen molar-refractivity contribution >= 4 is 23.5 Å². The molecule has 1 aromatic heterocycles. The number of benzene rings is 1. The van der Waals surface area contributed by atoms with Gasteiger partial charge in [0, 0.05) is 13.7 Å². The van der Waals surface area contributed by atoms with E-state index in [1.54, 1.807) is 7.05 Å². The summed E-state index contributed by atoms with van der Waals surface area (Å²) in [6, 6.07) is 5.75. The maximum absolute atomic E-state index is 11.5. The van der Waals surface area contributed by atoms with Crippen molar-refractivity contribution in [2.45, 2.75) is 34.0 Å². The first kappa shape index (κ1) is 14.9. The average Bonchev–Trinajstić information content (AvgIpc) is 2.71. The highest BCUT2D eigenvalue weighted by molar-refractivity contribution is 6.66. The van der Waals surface area contributed by atoms with Gasteiger partial charge in [0.15, 0.2) is 5.58 Å². The van der Waals surface area contributed by atoms with E-state index in [0.717, 1.165) is 17.4 Å². The monoisotopic (exact) mass is 275 g/mol. The maximum Gasteiger partial charge on any atom is 0.419 e. The van der Waals surface area contributed by atoms with Crippen LogP contribution >= 0.6 is 0 Å². The van der Waals surface area contributed by atoms with Gasteiger partial charge in [-0.05, 0) is 29.4 Å². The fraction of sp³-hybridized carbons (Fsp3) is 0.533. The Bertz CT molecular complexity index is 657. The van der Waals surface area contributed by atoms with Crippen molar-refractivity contribution in [2.75, 3.05) is 6.61 Å². The van der Waals surface area contributed by atoms with E-state index >= 15 is 0 Å². The van der Waals surface area contributed by atoms with Gasteiger partial charge in [0.2, 0.25) is 0 Å². The first-order chi connectivity index (χ1) is 9.34.